The number of benzene rings is 3. The zero-order valence-corrected chi connectivity index (χ0v) is 22.6. The van der Waals surface area contributed by atoms with Crippen molar-refractivity contribution >= 4 is 46.2 Å². The standard InChI is InChI=1S/C31H32N6O2/c1-19-5-8-24(9-6-19)34-28-17-29(33-22(4)32-28)35-25-10-12-26(13-11-25)36-31(39)23-16-30(38)37(18-23)27-14-7-20(2)21(3)15-27/h5-15,17,23H,16,18H2,1-4H3,(H,36,39)(H2,32,33,34,35). The first-order valence-corrected chi connectivity index (χ1v) is 13.0. The van der Waals surface area contributed by atoms with Crippen molar-refractivity contribution in [3.63, 3.8) is 0 Å². The topological polar surface area (TPSA) is 99.2 Å². The van der Waals surface area contributed by atoms with Crippen molar-refractivity contribution in [3.8, 4) is 0 Å². The van der Waals surface area contributed by atoms with E-state index in [1.807, 2.05) is 100 Å². The third kappa shape index (κ3) is 6.23. The van der Waals surface area contributed by atoms with Crippen molar-refractivity contribution in [2.45, 2.75) is 34.1 Å². The number of hydrogen-bond donors (Lipinski definition) is 3. The van der Waals surface area contributed by atoms with Gasteiger partial charge in [0.25, 0.3) is 0 Å². The lowest BCUT2D eigenvalue weighted by Crippen LogP contribution is -2.28. The lowest BCUT2D eigenvalue weighted by atomic mass is 10.1. The van der Waals surface area contributed by atoms with Crippen LogP contribution in [0.5, 0.6) is 0 Å². The van der Waals surface area contributed by atoms with E-state index >= 15 is 0 Å². The summed E-state index contributed by atoms with van der Waals surface area (Å²) in [6.45, 7) is 8.33. The average molecular weight is 521 g/mol. The van der Waals surface area contributed by atoms with Crippen molar-refractivity contribution in [2.24, 2.45) is 5.92 Å². The molecule has 8 nitrogen and oxygen atoms in total. The Morgan fingerprint density at radius 1 is 0.769 bits per heavy atom. The van der Waals surface area contributed by atoms with Gasteiger partial charge in [0.1, 0.15) is 17.5 Å². The Balaban J connectivity index is 1.20. The van der Waals surface area contributed by atoms with Gasteiger partial charge in [-0.15, -0.1) is 0 Å². The molecule has 3 N–H and O–H groups in total. The molecule has 1 aliphatic rings. The van der Waals surface area contributed by atoms with Gasteiger partial charge in [0.05, 0.1) is 5.92 Å². The first kappa shape index (κ1) is 25.9. The highest BCUT2D eigenvalue weighted by atomic mass is 16.2. The molecule has 1 unspecified atom stereocenters. The zero-order valence-electron chi connectivity index (χ0n) is 22.6. The Morgan fingerprint density at radius 3 is 1.97 bits per heavy atom. The Kier molecular flexibility index (Phi) is 7.27. The largest absolute Gasteiger partial charge is 0.340 e. The first-order chi connectivity index (χ1) is 18.7. The Hall–Kier alpha value is -4.72. The summed E-state index contributed by atoms with van der Waals surface area (Å²) in [4.78, 5) is 36.3. The van der Waals surface area contributed by atoms with Gasteiger partial charge in [-0.05, 0) is 87.4 Å². The maximum atomic E-state index is 12.9. The number of aromatic nitrogens is 2. The summed E-state index contributed by atoms with van der Waals surface area (Å²) in [5.74, 6) is 1.39. The molecule has 1 aromatic heterocycles. The van der Waals surface area contributed by atoms with Crippen LogP contribution >= 0.6 is 0 Å². The fourth-order valence-corrected chi connectivity index (χ4v) is 4.54. The molecule has 1 saturated heterocycles. The highest BCUT2D eigenvalue weighted by Gasteiger charge is 2.35. The fraction of sp³-hybridized carbons (Fsp3) is 0.226. The highest BCUT2D eigenvalue weighted by Crippen LogP contribution is 2.28. The van der Waals surface area contributed by atoms with Crippen molar-refractivity contribution in [1.29, 1.82) is 0 Å². The van der Waals surface area contributed by atoms with Crippen LogP contribution in [0.25, 0.3) is 0 Å². The molecule has 39 heavy (non-hydrogen) atoms. The van der Waals surface area contributed by atoms with Crippen LogP contribution in [-0.4, -0.2) is 28.3 Å². The van der Waals surface area contributed by atoms with Crippen molar-refractivity contribution in [1.82, 2.24) is 9.97 Å². The molecule has 198 valence electrons. The smallest absolute Gasteiger partial charge is 0.229 e. The quantitative estimate of drug-likeness (QED) is 0.269. The monoisotopic (exact) mass is 520 g/mol. The molecule has 2 heterocycles. The van der Waals surface area contributed by atoms with Gasteiger partial charge < -0.3 is 20.9 Å². The van der Waals surface area contributed by atoms with Crippen LogP contribution in [0.4, 0.5) is 34.4 Å². The minimum absolute atomic E-state index is 0.0330. The van der Waals surface area contributed by atoms with E-state index in [4.69, 9.17) is 0 Å². The van der Waals surface area contributed by atoms with Gasteiger partial charge in [-0.3, -0.25) is 9.59 Å². The number of amides is 2. The summed E-state index contributed by atoms with van der Waals surface area (Å²) < 4.78 is 0. The van der Waals surface area contributed by atoms with Gasteiger partial charge in [0, 0.05) is 41.8 Å². The van der Waals surface area contributed by atoms with Crippen LogP contribution in [0.3, 0.4) is 0 Å². The van der Waals surface area contributed by atoms with E-state index in [1.165, 1.54) is 11.1 Å². The van der Waals surface area contributed by atoms with E-state index in [1.54, 1.807) is 4.90 Å². The van der Waals surface area contributed by atoms with E-state index < -0.39 is 5.92 Å². The Morgan fingerprint density at radius 2 is 1.36 bits per heavy atom. The highest BCUT2D eigenvalue weighted by molar-refractivity contribution is 6.03. The maximum absolute atomic E-state index is 12.9. The molecule has 3 aromatic carbocycles. The number of carbonyl (C=O) groups excluding carboxylic acids is 2. The summed E-state index contributed by atoms with van der Waals surface area (Å²) in [6.07, 6.45) is 0.199. The van der Waals surface area contributed by atoms with Gasteiger partial charge in [0.2, 0.25) is 11.8 Å². The molecule has 8 heteroatoms. The van der Waals surface area contributed by atoms with E-state index in [0.717, 1.165) is 22.6 Å². The normalized spacial score (nSPS) is 14.8. The number of rotatable bonds is 7. The lowest BCUT2D eigenvalue weighted by Gasteiger charge is -2.18. The van der Waals surface area contributed by atoms with Crippen LogP contribution < -0.4 is 20.9 Å². The number of aryl methyl sites for hydroxylation is 4. The van der Waals surface area contributed by atoms with E-state index in [9.17, 15) is 9.59 Å². The summed E-state index contributed by atoms with van der Waals surface area (Å²) in [5.41, 5.74) is 6.77. The molecular formula is C31H32N6O2. The summed E-state index contributed by atoms with van der Waals surface area (Å²) in [5, 5.41) is 9.57. The molecule has 1 aliphatic heterocycles. The van der Waals surface area contributed by atoms with Crippen molar-refractivity contribution < 1.29 is 9.59 Å². The first-order valence-electron chi connectivity index (χ1n) is 13.0. The molecule has 2 amide bonds. The molecule has 4 aromatic rings. The van der Waals surface area contributed by atoms with E-state index in [0.29, 0.717) is 29.7 Å². The van der Waals surface area contributed by atoms with Gasteiger partial charge in [-0.25, -0.2) is 9.97 Å². The van der Waals surface area contributed by atoms with E-state index in [-0.39, 0.29) is 18.2 Å². The summed E-state index contributed by atoms with van der Waals surface area (Å²) in [7, 11) is 0. The average Bonchev–Trinajstić information content (AvgIpc) is 3.29. The summed E-state index contributed by atoms with van der Waals surface area (Å²) >= 11 is 0. The third-order valence-corrected chi connectivity index (χ3v) is 6.88. The molecule has 1 fully saturated rings. The molecule has 0 spiro atoms. The zero-order chi connectivity index (χ0) is 27.5. The molecule has 5 rings (SSSR count). The minimum Gasteiger partial charge on any atom is -0.340 e. The van der Waals surface area contributed by atoms with Gasteiger partial charge in [-0.2, -0.15) is 0 Å². The van der Waals surface area contributed by atoms with Crippen LogP contribution in [0.1, 0.15) is 28.9 Å². The third-order valence-electron chi connectivity index (χ3n) is 6.88. The van der Waals surface area contributed by atoms with Gasteiger partial charge in [-0.1, -0.05) is 23.8 Å². The fourth-order valence-electron chi connectivity index (χ4n) is 4.54. The number of nitrogens with one attached hydrogen (secondary N) is 3. The van der Waals surface area contributed by atoms with Crippen LogP contribution in [-0.2, 0) is 9.59 Å². The lowest BCUT2D eigenvalue weighted by molar-refractivity contribution is -0.122. The van der Waals surface area contributed by atoms with Crippen LogP contribution in [0.2, 0.25) is 0 Å². The predicted octanol–water partition coefficient (Wildman–Crippen LogP) is 6.19. The number of anilines is 6. The van der Waals surface area contributed by atoms with Gasteiger partial charge >= 0.3 is 0 Å². The van der Waals surface area contributed by atoms with Crippen LogP contribution in [0.15, 0.2) is 72.8 Å². The molecule has 0 aliphatic carbocycles. The molecule has 0 radical (unpaired) electrons. The molecule has 0 saturated carbocycles. The molecular weight excluding hydrogens is 488 g/mol. The second-order valence-electron chi connectivity index (χ2n) is 10.0. The van der Waals surface area contributed by atoms with Crippen molar-refractivity contribution in [2.75, 3.05) is 27.4 Å². The second kappa shape index (κ2) is 10.9. The second-order valence-corrected chi connectivity index (χ2v) is 10.0. The van der Waals surface area contributed by atoms with Crippen LogP contribution in [0, 0.1) is 33.6 Å². The summed E-state index contributed by atoms with van der Waals surface area (Å²) in [6, 6.07) is 23.3. The SMILES string of the molecule is Cc1ccc(Nc2cc(Nc3ccc(NC(=O)C4CC(=O)N(c5ccc(C)c(C)c5)C4)cc3)nc(C)n2)cc1. The predicted molar refractivity (Wildman–Crippen MR) is 156 cm³/mol. The number of nitrogens with zero attached hydrogens (tertiary/aromatic N) is 3. The Labute approximate surface area is 228 Å². The number of carbonyl (C=O) groups is 2. The minimum atomic E-state index is -0.402. The molecule has 1 atom stereocenters. The van der Waals surface area contributed by atoms with E-state index in [2.05, 4.69) is 25.9 Å². The van der Waals surface area contributed by atoms with Gasteiger partial charge in [0.15, 0.2) is 0 Å². The molecule has 0 bridgehead atoms. The number of hydrogen-bond acceptors (Lipinski definition) is 6. The maximum Gasteiger partial charge on any atom is 0.229 e. The van der Waals surface area contributed by atoms with Crippen molar-refractivity contribution in [3.05, 3.63) is 95.3 Å². The Bertz CT molecular complexity index is 1520.